The number of nitro benzene ring substituents is 1. The Hall–Kier alpha value is -3.34. The van der Waals surface area contributed by atoms with Crippen LogP contribution in [-0.2, 0) is 14.8 Å². The fourth-order valence-electron chi connectivity index (χ4n) is 2.59. The first-order valence-electron chi connectivity index (χ1n) is 7.72. The molecule has 0 radical (unpaired) electrons. The number of amides is 1. The summed E-state index contributed by atoms with van der Waals surface area (Å²) in [4.78, 5) is 23.2. The molecule has 3 rings (SSSR count). The van der Waals surface area contributed by atoms with Crippen LogP contribution < -0.4 is 14.4 Å². The first-order valence-corrected chi connectivity index (χ1v) is 9.20. The quantitative estimate of drug-likeness (QED) is 0.589. The minimum atomic E-state index is -4.15. The Morgan fingerprint density at radius 2 is 2.00 bits per heavy atom. The molecule has 0 saturated carbocycles. The number of hydrogen-bond acceptors (Lipinski definition) is 7. The SMILES string of the molecule is COc1ccc(S(=O)(=O)Nc2ccccc2N2CCOC2=O)cc1[N+](=O)[O-]. The standard InChI is InChI=1S/C16H15N3O7S/c1-25-15-7-6-11(10-14(15)19(21)22)27(23,24)17-12-4-2-3-5-13(12)18-8-9-26-16(18)20/h2-7,10,17H,8-9H2,1H3. The summed E-state index contributed by atoms with van der Waals surface area (Å²) >= 11 is 0. The summed E-state index contributed by atoms with van der Waals surface area (Å²) in [5.74, 6) is -0.0563. The number of hydrogen-bond donors (Lipinski definition) is 1. The maximum atomic E-state index is 12.7. The highest BCUT2D eigenvalue weighted by atomic mass is 32.2. The number of sulfonamides is 1. The Balaban J connectivity index is 1.98. The summed E-state index contributed by atoms with van der Waals surface area (Å²) in [7, 11) is -2.90. The molecule has 0 unspecified atom stereocenters. The molecule has 0 atom stereocenters. The van der Waals surface area contributed by atoms with E-state index in [1.807, 2.05) is 0 Å². The number of rotatable bonds is 6. The first-order chi connectivity index (χ1) is 12.8. The van der Waals surface area contributed by atoms with Gasteiger partial charge in [-0.25, -0.2) is 13.2 Å². The third-order valence-electron chi connectivity index (χ3n) is 3.86. The average Bonchev–Trinajstić information content (AvgIpc) is 3.07. The van der Waals surface area contributed by atoms with Gasteiger partial charge in [-0.2, -0.15) is 0 Å². The van der Waals surface area contributed by atoms with Gasteiger partial charge in [0.05, 0.1) is 34.8 Å². The van der Waals surface area contributed by atoms with Crippen molar-refractivity contribution in [3.8, 4) is 5.75 Å². The maximum absolute atomic E-state index is 12.7. The number of benzene rings is 2. The smallest absolute Gasteiger partial charge is 0.414 e. The van der Waals surface area contributed by atoms with Crippen molar-refractivity contribution >= 4 is 33.2 Å². The molecule has 2 aromatic carbocycles. The van der Waals surface area contributed by atoms with E-state index in [1.165, 1.54) is 30.2 Å². The van der Waals surface area contributed by atoms with Crippen LogP contribution in [0.4, 0.5) is 21.9 Å². The highest BCUT2D eigenvalue weighted by Crippen LogP contribution is 2.33. The molecule has 1 heterocycles. The van der Waals surface area contributed by atoms with Crippen molar-refractivity contribution in [3.05, 3.63) is 52.6 Å². The lowest BCUT2D eigenvalue weighted by Gasteiger charge is -2.18. The normalized spacial score (nSPS) is 14.0. The number of carbonyl (C=O) groups is 1. The Bertz CT molecular complexity index is 1010. The van der Waals surface area contributed by atoms with Crippen LogP contribution in [0.3, 0.4) is 0 Å². The van der Waals surface area contributed by atoms with Crippen LogP contribution in [0.2, 0.25) is 0 Å². The summed E-state index contributed by atoms with van der Waals surface area (Å²) in [5.41, 5.74) is -0.00168. The second kappa shape index (κ2) is 7.11. The highest BCUT2D eigenvalue weighted by Gasteiger charge is 2.28. The van der Waals surface area contributed by atoms with Gasteiger partial charge in [0.2, 0.25) is 0 Å². The molecule has 2 aromatic rings. The molecule has 0 spiro atoms. The lowest BCUT2D eigenvalue weighted by atomic mass is 10.2. The molecule has 1 saturated heterocycles. The van der Waals surface area contributed by atoms with Crippen molar-refractivity contribution in [3.63, 3.8) is 0 Å². The number of nitrogens with zero attached hydrogens (tertiary/aromatic N) is 2. The van der Waals surface area contributed by atoms with E-state index in [9.17, 15) is 23.3 Å². The molecule has 0 aliphatic carbocycles. The molecule has 1 aliphatic rings. The van der Waals surface area contributed by atoms with E-state index in [2.05, 4.69) is 4.72 Å². The zero-order chi connectivity index (χ0) is 19.6. The molecule has 142 valence electrons. The van der Waals surface area contributed by atoms with Gasteiger partial charge in [0.1, 0.15) is 6.61 Å². The number of carbonyl (C=O) groups excluding carboxylic acids is 1. The molecule has 27 heavy (non-hydrogen) atoms. The van der Waals surface area contributed by atoms with Gasteiger partial charge >= 0.3 is 11.8 Å². The number of nitro groups is 1. The van der Waals surface area contributed by atoms with E-state index >= 15 is 0 Å². The van der Waals surface area contributed by atoms with Gasteiger partial charge in [0.15, 0.2) is 5.75 Å². The largest absolute Gasteiger partial charge is 0.490 e. The van der Waals surface area contributed by atoms with Gasteiger partial charge in [-0.3, -0.25) is 19.7 Å². The summed E-state index contributed by atoms with van der Waals surface area (Å²) in [6.45, 7) is 0.482. The molecule has 11 heteroatoms. The maximum Gasteiger partial charge on any atom is 0.414 e. The minimum absolute atomic E-state index is 0.0563. The van der Waals surface area contributed by atoms with E-state index in [-0.39, 0.29) is 29.5 Å². The van der Waals surface area contributed by atoms with Crippen molar-refractivity contribution in [2.24, 2.45) is 0 Å². The predicted octanol–water partition coefficient (Wildman–Crippen LogP) is 2.36. The van der Waals surface area contributed by atoms with Crippen molar-refractivity contribution in [2.45, 2.75) is 4.90 Å². The third-order valence-corrected chi connectivity index (χ3v) is 5.22. The Kier molecular flexibility index (Phi) is 4.86. The number of nitrogens with one attached hydrogen (secondary N) is 1. The first kappa shape index (κ1) is 18.5. The topological polar surface area (TPSA) is 128 Å². The predicted molar refractivity (Wildman–Crippen MR) is 95.6 cm³/mol. The van der Waals surface area contributed by atoms with E-state index < -0.39 is 26.7 Å². The van der Waals surface area contributed by atoms with Crippen LogP contribution in [0.25, 0.3) is 0 Å². The average molecular weight is 393 g/mol. The monoisotopic (exact) mass is 393 g/mol. The van der Waals surface area contributed by atoms with E-state index in [0.29, 0.717) is 5.69 Å². The van der Waals surface area contributed by atoms with Gasteiger partial charge < -0.3 is 9.47 Å². The molecular formula is C16H15N3O7S. The molecule has 0 bridgehead atoms. The van der Waals surface area contributed by atoms with Crippen molar-refractivity contribution in [1.82, 2.24) is 0 Å². The van der Waals surface area contributed by atoms with E-state index in [4.69, 9.17) is 9.47 Å². The number of anilines is 2. The van der Waals surface area contributed by atoms with E-state index in [0.717, 1.165) is 6.07 Å². The van der Waals surface area contributed by atoms with Crippen molar-refractivity contribution in [1.29, 1.82) is 0 Å². The fourth-order valence-corrected chi connectivity index (χ4v) is 3.68. The summed E-state index contributed by atoms with van der Waals surface area (Å²) in [5, 5.41) is 11.1. The fraction of sp³-hybridized carbons (Fsp3) is 0.188. The van der Waals surface area contributed by atoms with Crippen molar-refractivity contribution < 1.29 is 27.6 Å². The number of methoxy groups -OCH3 is 1. The van der Waals surface area contributed by atoms with Crippen molar-refractivity contribution in [2.75, 3.05) is 29.9 Å². The lowest BCUT2D eigenvalue weighted by molar-refractivity contribution is -0.386. The highest BCUT2D eigenvalue weighted by molar-refractivity contribution is 7.92. The van der Waals surface area contributed by atoms with Crippen LogP contribution >= 0.6 is 0 Å². The number of cyclic esters (lactones) is 1. The Morgan fingerprint density at radius 3 is 2.63 bits per heavy atom. The van der Waals surface area contributed by atoms with Crippen LogP contribution in [-0.4, -0.2) is 39.7 Å². The van der Waals surface area contributed by atoms with Gasteiger partial charge in [0.25, 0.3) is 10.0 Å². The van der Waals surface area contributed by atoms with Crippen LogP contribution in [0.5, 0.6) is 5.75 Å². The zero-order valence-electron chi connectivity index (χ0n) is 14.1. The van der Waals surface area contributed by atoms with Gasteiger partial charge in [0, 0.05) is 6.07 Å². The summed E-state index contributed by atoms with van der Waals surface area (Å²) < 4.78 is 37.5. The van der Waals surface area contributed by atoms with Gasteiger partial charge in [-0.05, 0) is 24.3 Å². The van der Waals surface area contributed by atoms with Crippen LogP contribution in [0.15, 0.2) is 47.4 Å². The Labute approximate surface area is 154 Å². The van der Waals surface area contributed by atoms with Crippen LogP contribution in [0.1, 0.15) is 0 Å². The molecule has 1 aliphatic heterocycles. The second-order valence-corrected chi connectivity index (χ2v) is 7.16. The third kappa shape index (κ3) is 3.62. The zero-order valence-corrected chi connectivity index (χ0v) is 14.9. The summed E-state index contributed by atoms with van der Waals surface area (Å²) in [6.07, 6.45) is -0.582. The molecule has 1 fully saturated rings. The Morgan fingerprint density at radius 1 is 1.26 bits per heavy atom. The van der Waals surface area contributed by atoms with Crippen LogP contribution in [0, 0.1) is 10.1 Å². The molecule has 1 N–H and O–H groups in total. The summed E-state index contributed by atoms with van der Waals surface area (Å²) in [6, 6.07) is 9.61. The van der Waals surface area contributed by atoms with E-state index in [1.54, 1.807) is 18.2 Å². The number of para-hydroxylation sites is 2. The number of ether oxygens (including phenoxy) is 2. The second-order valence-electron chi connectivity index (χ2n) is 5.48. The van der Waals surface area contributed by atoms with Gasteiger partial charge in [-0.15, -0.1) is 0 Å². The lowest BCUT2D eigenvalue weighted by Crippen LogP contribution is -2.25. The molecule has 0 aromatic heterocycles. The molecule has 1 amide bonds. The molecule has 10 nitrogen and oxygen atoms in total. The minimum Gasteiger partial charge on any atom is -0.490 e. The molecular weight excluding hydrogens is 378 g/mol. The van der Waals surface area contributed by atoms with Gasteiger partial charge in [-0.1, -0.05) is 12.1 Å².